The van der Waals surface area contributed by atoms with Gasteiger partial charge in [-0.3, -0.25) is 10.1 Å². The summed E-state index contributed by atoms with van der Waals surface area (Å²) in [6, 6.07) is 7.90. The average molecular weight is 262 g/mol. The highest BCUT2D eigenvalue weighted by Crippen LogP contribution is 2.27. The van der Waals surface area contributed by atoms with E-state index >= 15 is 0 Å². The van der Waals surface area contributed by atoms with E-state index in [-0.39, 0.29) is 18.1 Å². The molecule has 1 N–H and O–H groups in total. The summed E-state index contributed by atoms with van der Waals surface area (Å²) in [6.07, 6.45) is 0.807. The van der Waals surface area contributed by atoms with Crippen LogP contribution in [0.3, 0.4) is 0 Å². The number of nitrogens with one attached hydrogen (secondary N) is 1. The van der Waals surface area contributed by atoms with Gasteiger partial charge in [-0.25, -0.2) is 0 Å². The number of carbonyl (C=O) groups excluding carboxylic acids is 1. The summed E-state index contributed by atoms with van der Waals surface area (Å²) >= 11 is 0. The summed E-state index contributed by atoms with van der Waals surface area (Å²) in [4.78, 5) is 14.1. The van der Waals surface area contributed by atoms with Gasteiger partial charge in [0.1, 0.15) is 11.9 Å². The Balaban J connectivity index is 2.18. The van der Waals surface area contributed by atoms with E-state index < -0.39 is 0 Å². The Labute approximate surface area is 114 Å². The molecule has 2 atom stereocenters. The first-order valence-electron chi connectivity index (χ1n) is 7.00. The van der Waals surface area contributed by atoms with Gasteiger partial charge in [-0.2, -0.15) is 0 Å². The first kappa shape index (κ1) is 13.9. The van der Waals surface area contributed by atoms with Crippen molar-refractivity contribution in [3.63, 3.8) is 0 Å². The predicted molar refractivity (Wildman–Crippen MR) is 75.0 cm³/mol. The summed E-state index contributed by atoms with van der Waals surface area (Å²) in [6.45, 7) is 7.40. The van der Waals surface area contributed by atoms with Gasteiger partial charge >= 0.3 is 0 Å². The Hall–Kier alpha value is -1.55. The molecule has 1 amide bonds. The maximum atomic E-state index is 12.2. The molecule has 0 radical (unpaired) electrons. The van der Waals surface area contributed by atoms with E-state index in [1.165, 1.54) is 0 Å². The third-order valence-corrected chi connectivity index (χ3v) is 3.51. The molecular formula is C15H22N2O2. The van der Waals surface area contributed by atoms with Gasteiger partial charge in [0.05, 0.1) is 12.6 Å². The van der Waals surface area contributed by atoms with Gasteiger partial charge in [-0.15, -0.1) is 0 Å². The summed E-state index contributed by atoms with van der Waals surface area (Å²) in [5.74, 6) is 1.06. The minimum absolute atomic E-state index is 0.0156. The molecule has 104 valence electrons. The second kappa shape index (κ2) is 6.06. The van der Waals surface area contributed by atoms with Gasteiger partial charge in [0, 0.05) is 6.54 Å². The summed E-state index contributed by atoms with van der Waals surface area (Å²) in [7, 11) is 0. The van der Waals surface area contributed by atoms with Gasteiger partial charge in [0.25, 0.3) is 0 Å². The highest BCUT2D eigenvalue weighted by Gasteiger charge is 2.37. The van der Waals surface area contributed by atoms with Crippen LogP contribution in [0.5, 0.6) is 5.75 Å². The van der Waals surface area contributed by atoms with Crippen LogP contribution in [0.2, 0.25) is 0 Å². The van der Waals surface area contributed by atoms with Crippen molar-refractivity contribution in [3.8, 4) is 5.75 Å². The van der Waals surface area contributed by atoms with Crippen molar-refractivity contribution in [2.75, 3.05) is 13.2 Å². The lowest BCUT2D eigenvalue weighted by Gasteiger charge is -2.23. The molecule has 2 rings (SSSR count). The third kappa shape index (κ3) is 2.73. The number of hydrogen-bond acceptors (Lipinski definition) is 3. The SMILES string of the molecule is CCOc1ccc(C2NC(CC)C(=O)N2CC)cc1. The zero-order chi connectivity index (χ0) is 13.8. The number of rotatable bonds is 5. The molecule has 0 aliphatic carbocycles. The number of ether oxygens (including phenoxy) is 1. The fraction of sp³-hybridized carbons (Fsp3) is 0.533. The molecule has 1 fully saturated rings. The van der Waals surface area contributed by atoms with Crippen LogP contribution in [0.4, 0.5) is 0 Å². The van der Waals surface area contributed by atoms with Crippen LogP contribution in [0.25, 0.3) is 0 Å². The van der Waals surface area contributed by atoms with E-state index in [4.69, 9.17) is 4.74 Å². The molecule has 0 spiro atoms. The average Bonchev–Trinajstić information content (AvgIpc) is 2.76. The molecule has 1 aliphatic rings. The van der Waals surface area contributed by atoms with E-state index in [0.29, 0.717) is 6.61 Å². The maximum Gasteiger partial charge on any atom is 0.241 e. The largest absolute Gasteiger partial charge is 0.494 e. The Morgan fingerprint density at radius 3 is 2.42 bits per heavy atom. The van der Waals surface area contributed by atoms with Gasteiger partial charge in [0.15, 0.2) is 0 Å². The van der Waals surface area contributed by atoms with E-state index in [9.17, 15) is 4.79 Å². The molecule has 2 unspecified atom stereocenters. The standard InChI is InChI=1S/C15H22N2O2/c1-4-13-15(18)17(5-2)14(16-13)11-7-9-12(10-8-11)19-6-3/h7-10,13-14,16H,4-6H2,1-3H3. The third-order valence-electron chi connectivity index (χ3n) is 3.51. The Kier molecular flexibility index (Phi) is 4.43. The molecule has 19 heavy (non-hydrogen) atoms. The minimum atomic E-state index is -0.0588. The van der Waals surface area contributed by atoms with Crippen LogP contribution in [-0.2, 0) is 4.79 Å². The van der Waals surface area contributed by atoms with E-state index in [1.54, 1.807) is 0 Å². The summed E-state index contributed by atoms with van der Waals surface area (Å²) < 4.78 is 5.44. The number of carbonyl (C=O) groups is 1. The number of benzene rings is 1. The van der Waals surface area contributed by atoms with Crippen molar-refractivity contribution in [2.45, 2.75) is 39.4 Å². The molecule has 1 aromatic carbocycles. The van der Waals surface area contributed by atoms with Gasteiger partial charge in [0.2, 0.25) is 5.91 Å². The van der Waals surface area contributed by atoms with Crippen LogP contribution in [-0.4, -0.2) is 30.0 Å². The second-order valence-electron chi connectivity index (χ2n) is 4.66. The first-order chi connectivity index (χ1) is 9.21. The monoisotopic (exact) mass is 262 g/mol. The normalized spacial score (nSPS) is 22.9. The molecule has 1 aliphatic heterocycles. The molecule has 4 heteroatoms. The van der Waals surface area contributed by atoms with Crippen molar-refractivity contribution in [1.82, 2.24) is 10.2 Å². The topological polar surface area (TPSA) is 41.6 Å². The lowest BCUT2D eigenvalue weighted by Crippen LogP contribution is -2.30. The molecule has 1 heterocycles. The minimum Gasteiger partial charge on any atom is -0.494 e. The zero-order valence-electron chi connectivity index (χ0n) is 11.8. The smallest absolute Gasteiger partial charge is 0.241 e. The van der Waals surface area contributed by atoms with E-state index in [2.05, 4.69) is 5.32 Å². The lowest BCUT2D eigenvalue weighted by molar-refractivity contribution is -0.129. The van der Waals surface area contributed by atoms with Crippen LogP contribution in [0.1, 0.15) is 38.9 Å². The Morgan fingerprint density at radius 2 is 1.89 bits per heavy atom. The molecule has 1 saturated heterocycles. The number of nitrogens with zero attached hydrogens (tertiary/aromatic N) is 1. The van der Waals surface area contributed by atoms with Crippen LogP contribution < -0.4 is 10.1 Å². The van der Waals surface area contributed by atoms with Crippen molar-refractivity contribution in [2.24, 2.45) is 0 Å². The lowest BCUT2D eigenvalue weighted by atomic mass is 10.1. The van der Waals surface area contributed by atoms with Gasteiger partial charge in [-0.05, 0) is 38.0 Å². The van der Waals surface area contributed by atoms with Crippen LogP contribution in [0, 0.1) is 0 Å². The van der Waals surface area contributed by atoms with Crippen molar-refractivity contribution in [1.29, 1.82) is 0 Å². The van der Waals surface area contributed by atoms with Crippen molar-refractivity contribution >= 4 is 5.91 Å². The van der Waals surface area contributed by atoms with Crippen LogP contribution in [0.15, 0.2) is 24.3 Å². The fourth-order valence-electron chi connectivity index (χ4n) is 2.50. The van der Waals surface area contributed by atoms with Crippen LogP contribution >= 0.6 is 0 Å². The molecule has 0 aromatic heterocycles. The van der Waals surface area contributed by atoms with E-state index in [1.807, 2.05) is 49.9 Å². The molecule has 0 bridgehead atoms. The molecule has 0 saturated carbocycles. The first-order valence-corrected chi connectivity index (χ1v) is 7.00. The highest BCUT2D eigenvalue weighted by atomic mass is 16.5. The molecule has 4 nitrogen and oxygen atoms in total. The molecule has 1 aromatic rings. The Bertz CT molecular complexity index is 430. The summed E-state index contributed by atoms with van der Waals surface area (Å²) in [5.41, 5.74) is 1.11. The number of likely N-dealkylation sites (N-methyl/N-ethyl adjacent to an activating group) is 1. The van der Waals surface area contributed by atoms with Gasteiger partial charge < -0.3 is 9.64 Å². The number of amides is 1. The van der Waals surface area contributed by atoms with E-state index in [0.717, 1.165) is 24.3 Å². The van der Waals surface area contributed by atoms with Crippen molar-refractivity contribution < 1.29 is 9.53 Å². The molecular weight excluding hydrogens is 240 g/mol. The van der Waals surface area contributed by atoms with Crippen molar-refractivity contribution in [3.05, 3.63) is 29.8 Å². The quantitative estimate of drug-likeness (QED) is 0.885. The highest BCUT2D eigenvalue weighted by molar-refractivity contribution is 5.84. The predicted octanol–water partition coefficient (Wildman–Crippen LogP) is 2.31. The second-order valence-corrected chi connectivity index (χ2v) is 4.66. The Morgan fingerprint density at radius 1 is 1.21 bits per heavy atom. The zero-order valence-corrected chi connectivity index (χ0v) is 11.8. The fourth-order valence-corrected chi connectivity index (χ4v) is 2.50. The van der Waals surface area contributed by atoms with Gasteiger partial charge in [-0.1, -0.05) is 19.1 Å². The number of hydrogen-bond donors (Lipinski definition) is 1. The maximum absolute atomic E-state index is 12.2. The summed E-state index contributed by atoms with van der Waals surface area (Å²) in [5, 5.41) is 3.39.